The number of anilines is 1. The van der Waals surface area contributed by atoms with Crippen LogP contribution >= 0.6 is 11.8 Å². The topological polar surface area (TPSA) is 12.0 Å². The number of thioether (sulfide) groups is 1. The molecule has 0 spiro atoms. The normalized spacial score (nSPS) is 25.0. The van der Waals surface area contributed by atoms with Gasteiger partial charge in [0, 0.05) is 22.7 Å². The molecule has 1 nitrogen and oxygen atoms in total. The van der Waals surface area contributed by atoms with Crippen molar-refractivity contribution in [1.29, 1.82) is 0 Å². The van der Waals surface area contributed by atoms with Gasteiger partial charge in [0.15, 0.2) is 0 Å². The Morgan fingerprint density at radius 2 is 2.19 bits per heavy atom. The fraction of sp³-hybridized carbons (Fsp3) is 0.571. The molecule has 0 amide bonds. The molecule has 1 heterocycles. The standard InChI is InChI=1S/C14H21NS/c1-10(2)12-5-4-6-13(8-12)15-14-7-11(3)16-9-14/h4-6,8,10-11,14-15H,7,9H2,1-3H3. The molecule has 1 aromatic rings. The van der Waals surface area contributed by atoms with Crippen LogP contribution in [0.1, 0.15) is 38.7 Å². The van der Waals surface area contributed by atoms with E-state index in [1.807, 2.05) is 0 Å². The molecule has 0 aliphatic carbocycles. The summed E-state index contributed by atoms with van der Waals surface area (Å²) < 4.78 is 0. The number of benzene rings is 1. The van der Waals surface area contributed by atoms with E-state index >= 15 is 0 Å². The minimum absolute atomic E-state index is 0.610. The molecule has 1 N–H and O–H groups in total. The van der Waals surface area contributed by atoms with Crippen LogP contribution in [0.2, 0.25) is 0 Å². The van der Waals surface area contributed by atoms with E-state index in [4.69, 9.17) is 0 Å². The number of rotatable bonds is 3. The van der Waals surface area contributed by atoms with E-state index in [0.29, 0.717) is 12.0 Å². The lowest BCUT2D eigenvalue weighted by molar-refractivity contribution is 0.746. The lowest BCUT2D eigenvalue weighted by atomic mass is 10.0. The first kappa shape index (κ1) is 11.8. The number of hydrogen-bond donors (Lipinski definition) is 1. The van der Waals surface area contributed by atoms with Gasteiger partial charge < -0.3 is 5.32 Å². The number of hydrogen-bond acceptors (Lipinski definition) is 2. The van der Waals surface area contributed by atoms with Gasteiger partial charge in [-0.25, -0.2) is 0 Å². The molecule has 1 aliphatic rings. The first-order valence-corrected chi connectivity index (χ1v) is 7.18. The van der Waals surface area contributed by atoms with E-state index in [1.54, 1.807) is 0 Å². The second-order valence-electron chi connectivity index (χ2n) is 5.00. The van der Waals surface area contributed by atoms with Crippen LogP contribution in [-0.4, -0.2) is 17.0 Å². The van der Waals surface area contributed by atoms with Gasteiger partial charge in [-0.05, 0) is 30.0 Å². The van der Waals surface area contributed by atoms with Crippen LogP contribution in [0.3, 0.4) is 0 Å². The molecule has 1 saturated heterocycles. The van der Waals surface area contributed by atoms with Crippen LogP contribution in [0.5, 0.6) is 0 Å². The molecule has 0 aromatic heterocycles. The van der Waals surface area contributed by atoms with E-state index in [-0.39, 0.29) is 0 Å². The molecule has 88 valence electrons. The molecular weight excluding hydrogens is 214 g/mol. The minimum atomic E-state index is 0.610. The molecule has 0 bridgehead atoms. The third-order valence-corrected chi connectivity index (χ3v) is 4.48. The van der Waals surface area contributed by atoms with Crippen LogP contribution < -0.4 is 5.32 Å². The van der Waals surface area contributed by atoms with Gasteiger partial charge in [0.25, 0.3) is 0 Å². The first-order valence-electron chi connectivity index (χ1n) is 6.13. The van der Waals surface area contributed by atoms with Crippen LogP contribution in [-0.2, 0) is 0 Å². The van der Waals surface area contributed by atoms with Crippen molar-refractivity contribution < 1.29 is 0 Å². The number of nitrogens with one attached hydrogen (secondary N) is 1. The van der Waals surface area contributed by atoms with Crippen molar-refractivity contribution in [3.05, 3.63) is 29.8 Å². The highest BCUT2D eigenvalue weighted by molar-refractivity contribution is 8.00. The average molecular weight is 235 g/mol. The van der Waals surface area contributed by atoms with Gasteiger partial charge in [-0.2, -0.15) is 11.8 Å². The Bertz CT molecular complexity index is 348. The Morgan fingerprint density at radius 1 is 1.38 bits per heavy atom. The summed E-state index contributed by atoms with van der Waals surface area (Å²) in [6, 6.07) is 9.49. The summed E-state index contributed by atoms with van der Waals surface area (Å²) in [5.41, 5.74) is 2.70. The summed E-state index contributed by atoms with van der Waals surface area (Å²) >= 11 is 2.07. The maximum Gasteiger partial charge on any atom is 0.0362 e. The van der Waals surface area contributed by atoms with Crippen molar-refractivity contribution in [3.63, 3.8) is 0 Å². The molecule has 2 heteroatoms. The zero-order valence-electron chi connectivity index (χ0n) is 10.4. The van der Waals surface area contributed by atoms with Gasteiger partial charge in [-0.3, -0.25) is 0 Å². The molecule has 16 heavy (non-hydrogen) atoms. The summed E-state index contributed by atoms with van der Waals surface area (Å²) in [7, 11) is 0. The molecule has 1 fully saturated rings. The third kappa shape index (κ3) is 2.94. The molecule has 0 radical (unpaired) electrons. The summed E-state index contributed by atoms with van der Waals surface area (Å²) in [4.78, 5) is 0. The lowest BCUT2D eigenvalue weighted by Gasteiger charge is -2.15. The zero-order chi connectivity index (χ0) is 11.5. The fourth-order valence-corrected chi connectivity index (χ4v) is 3.29. The summed E-state index contributed by atoms with van der Waals surface area (Å²) in [6.45, 7) is 6.80. The van der Waals surface area contributed by atoms with Gasteiger partial charge in [0.2, 0.25) is 0 Å². The third-order valence-electron chi connectivity index (χ3n) is 3.12. The van der Waals surface area contributed by atoms with Crippen molar-refractivity contribution in [3.8, 4) is 0 Å². The Morgan fingerprint density at radius 3 is 2.81 bits per heavy atom. The van der Waals surface area contributed by atoms with E-state index < -0.39 is 0 Å². The quantitative estimate of drug-likeness (QED) is 0.846. The SMILES string of the molecule is CC1CC(Nc2cccc(C(C)C)c2)CS1. The molecule has 1 aromatic carbocycles. The predicted molar refractivity (Wildman–Crippen MR) is 74.5 cm³/mol. The molecular formula is C14H21NS. The highest BCUT2D eigenvalue weighted by Crippen LogP contribution is 2.29. The van der Waals surface area contributed by atoms with Crippen molar-refractivity contribution in [1.82, 2.24) is 0 Å². The highest BCUT2D eigenvalue weighted by Gasteiger charge is 2.21. The summed E-state index contributed by atoms with van der Waals surface area (Å²) in [5, 5.41) is 4.46. The first-order chi connectivity index (χ1) is 7.65. The van der Waals surface area contributed by atoms with Gasteiger partial charge >= 0.3 is 0 Å². The highest BCUT2D eigenvalue weighted by atomic mass is 32.2. The second-order valence-corrected chi connectivity index (χ2v) is 6.47. The van der Waals surface area contributed by atoms with Crippen LogP contribution in [0, 0.1) is 0 Å². The van der Waals surface area contributed by atoms with E-state index in [2.05, 4.69) is 62.1 Å². The van der Waals surface area contributed by atoms with Crippen molar-refractivity contribution >= 4 is 17.4 Å². The van der Waals surface area contributed by atoms with Gasteiger partial charge in [-0.1, -0.05) is 32.9 Å². The van der Waals surface area contributed by atoms with Crippen molar-refractivity contribution in [2.75, 3.05) is 11.1 Å². The summed E-state index contributed by atoms with van der Waals surface area (Å²) in [6.07, 6.45) is 1.29. The van der Waals surface area contributed by atoms with Crippen molar-refractivity contribution in [2.45, 2.75) is 44.4 Å². The molecule has 0 saturated carbocycles. The van der Waals surface area contributed by atoms with Crippen LogP contribution in [0.4, 0.5) is 5.69 Å². The molecule has 2 unspecified atom stereocenters. The predicted octanol–water partition coefficient (Wildman–Crippen LogP) is 4.12. The molecule has 2 rings (SSSR count). The largest absolute Gasteiger partial charge is 0.381 e. The lowest BCUT2D eigenvalue weighted by Crippen LogP contribution is -2.18. The minimum Gasteiger partial charge on any atom is -0.381 e. The maximum atomic E-state index is 3.65. The van der Waals surface area contributed by atoms with E-state index in [0.717, 1.165) is 5.25 Å². The van der Waals surface area contributed by atoms with Gasteiger partial charge in [0.05, 0.1) is 0 Å². The summed E-state index contributed by atoms with van der Waals surface area (Å²) in [5.74, 6) is 1.85. The molecule has 2 atom stereocenters. The van der Waals surface area contributed by atoms with E-state index in [1.165, 1.54) is 23.4 Å². The van der Waals surface area contributed by atoms with Crippen molar-refractivity contribution in [2.24, 2.45) is 0 Å². The maximum absolute atomic E-state index is 3.65. The smallest absolute Gasteiger partial charge is 0.0362 e. The Balaban J connectivity index is 2.01. The zero-order valence-corrected chi connectivity index (χ0v) is 11.2. The Labute approximate surface area is 103 Å². The van der Waals surface area contributed by atoms with Gasteiger partial charge in [-0.15, -0.1) is 0 Å². The van der Waals surface area contributed by atoms with Gasteiger partial charge in [0.1, 0.15) is 0 Å². The van der Waals surface area contributed by atoms with E-state index in [9.17, 15) is 0 Å². The monoisotopic (exact) mass is 235 g/mol. The average Bonchev–Trinajstić information content (AvgIpc) is 2.64. The fourth-order valence-electron chi connectivity index (χ4n) is 2.14. The van der Waals surface area contributed by atoms with Crippen LogP contribution in [0.25, 0.3) is 0 Å². The Kier molecular flexibility index (Phi) is 3.80. The molecule has 1 aliphatic heterocycles. The second kappa shape index (κ2) is 5.13. The Hall–Kier alpha value is -0.630. The van der Waals surface area contributed by atoms with Crippen LogP contribution in [0.15, 0.2) is 24.3 Å².